The van der Waals surface area contributed by atoms with E-state index >= 15 is 0 Å². The predicted octanol–water partition coefficient (Wildman–Crippen LogP) is 5.50. The molecule has 0 spiro atoms. The molecule has 1 heterocycles. The van der Waals surface area contributed by atoms with Crippen LogP contribution in [0.15, 0.2) is 45.3 Å². The van der Waals surface area contributed by atoms with Gasteiger partial charge >= 0.3 is 0 Å². The number of amides is 1. The lowest BCUT2D eigenvalue weighted by Gasteiger charge is -2.09. The average Bonchev–Trinajstić information content (AvgIpc) is 3.14. The molecule has 0 saturated heterocycles. The van der Waals surface area contributed by atoms with Crippen molar-refractivity contribution in [3.05, 3.63) is 61.3 Å². The van der Waals surface area contributed by atoms with Crippen molar-refractivity contribution in [3.8, 4) is 17.0 Å². The maximum atomic E-state index is 12.5. The van der Waals surface area contributed by atoms with E-state index in [0.717, 1.165) is 37.3 Å². The second-order valence-corrected chi connectivity index (χ2v) is 8.30. The highest BCUT2D eigenvalue weighted by molar-refractivity contribution is 9.10. The number of benzene rings is 2. The third-order valence-corrected chi connectivity index (χ3v) is 6.45. The van der Waals surface area contributed by atoms with Gasteiger partial charge in [-0.25, -0.2) is 4.98 Å². The lowest BCUT2D eigenvalue weighted by atomic mass is 10.1. The van der Waals surface area contributed by atoms with Crippen molar-refractivity contribution < 1.29 is 9.53 Å². The minimum absolute atomic E-state index is 0.179. The summed E-state index contributed by atoms with van der Waals surface area (Å²) < 4.78 is 7.30. The molecule has 0 fully saturated rings. The Bertz CT molecular complexity index is 1000. The van der Waals surface area contributed by atoms with E-state index in [4.69, 9.17) is 4.74 Å². The third kappa shape index (κ3) is 2.90. The van der Waals surface area contributed by atoms with Gasteiger partial charge in [-0.05, 0) is 45.8 Å². The molecule has 126 valence electrons. The van der Waals surface area contributed by atoms with Crippen LogP contribution in [0, 0.1) is 0 Å². The molecular weight excluding hydrogens is 468 g/mol. The number of anilines is 1. The number of ether oxygens (including phenoxy) is 1. The Labute approximate surface area is 165 Å². The SMILES string of the molecule is COc1ccc(Br)c2c1-c1nc(NC(=O)c3ccccc3Br)sc1C2. The maximum absolute atomic E-state index is 12.5. The molecule has 3 aromatic rings. The minimum atomic E-state index is -0.179. The fourth-order valence-electron chi connectivity index (χ4n) is 2.89. The van der Waals surface area contributed by atoms with Gasteiger partial charge in [-0.1, -0.05) is 28.1 Å². The molecule has 0 bridgehead atoms. The number of hydrogen-bond acceptors (Lipinski definition) is 4. The van der Waals surface area contributed by atoms with E-state index in [1.807, 2.05) is 30.3 Å². The van der Waals surface area contributed by atoms with Gasteiger partial charge in [0.1, 0.15) is 5.75 Å². The van der Waals surface area contributed by atoms with Gasteiger partial charge in [-0.3, -0.25) is 10.1 Å². The second kappa shape index (κ2) is 6.55. The standard InChI is InChI=1S/C18H12Br2N2O2S/c1-24-13-7-6-12(20)10-8-14-16(15(10)13)21-18(25-14)22-17(23)9-4-2-3-5-11(9)19/h2-7H,8H2,1H3,(H,21,22,23). The van der Waals surface area contributed by atoms with Gasteiger partial charge in [0, 0.05) is 25.8 Å². The van der Waals surface area contributed by atoms with Crippen LogP contribution in [0.1, 0.15) is 20.8 Å². The van der Waals surface area contributed by atoms with E-state index in [0.29, 0.717) is 10.7 Å². The Kier molecular flexibility index (Phi) is 4.39. The summed E-state index contributed by atoms with van der Waals surface area (Å²) in [6.45, 7) is 0. The van der Waals surface area contributed by atoms with Gasteiger partial charge in [0.05, 0.1) is 18.4 Å². The molecule has 1 aliphatic rings. The quantitative estimate of drug-likeness (QED) is 0.422. The van der Waals surface area contributed by atoms with Crippen LogP contribution in [0.3, 0.4) is 0 Å². The summed E-state index contributed by atoms with van der Waals surface area (Å²) in [6.07, 6.45) is 0.783. The van der Waals surface area contributed by atoms with Crippen LogP contribution in [0.5, 0.6) is 5.75 Å². The van der Waals surface area contributed by atoms with Gasteiger partial charge in [0.25, 0.3) is 5.91 Å². The Morgan fingerprint density at radius 2 is 2.00 bits per heavy atom. The topological polar surface area (TPSA) is 51.2 Å². The molecule has 2 aromatic carbocycles. The number of nitrogens with one attached hydrogen (secondary N) is 1. The Balaban J connectivity index is 1.68. The molecule has 0 radical (unpaired) electrons. The van der Waals surface area contributed by atoms with Crippen molar-refractivity contribution in [1.29, 1.82) is 0 Å². The summed E-state index contributed by atoms with van der Waals surface area (Å²) in [5.41, 5.74) is 3.65. The van der Waals surface area contributed by atoms with Crippen LogP contribution in [-0.4, -0.2) is 18.0 Å². The largest absolute Gasteiger partial charge is 0.496 e. The van der Waals surface area contributed by atoms with Crippen molar-refractivity contribution >= 4 is 54.2 Å². The Hall–Kier alpha value is -1.70. The van der Waals surface area contributed by atoms with E-state index < -0.39 is 0 Å². The number of carbonyl (C=O) groups is 1. The first-order chi connectivity index (χ1) is 12.1. The van der Waals surface area contributed by atoms with Crippen molar-refractivity contribution in [1.82, 2.24) is 4.98 Å². The molecule has 1 N–H and O–H groups in total. The monoisotopic (exact) mass is 478 g/mol. The smallest absolute Gasteiger partial charge is 0.258 e. The fourth-order valence-corrected chi connectivity index (χ4v) is 4.80. The molecule has 1 aliphatic carbocycles. The predicted molar refractivity (Wildman–Crippen MR) is 107 cm³/mol. The number of nitrogens with zero attached hydrogens (tertiary/aromatic N) is 1. The van der Waals surface area contributed by atoms with E-state index in [1.165, 1.54) is 16.9 Å². The van der Waals surface area contributed by atoms with Crippen LogP contribution < -0.4 is 10.1 Å². The third-order valence-electron chi connectivity index (χ3n) is 4.05. The minimum Gasteiger partial charge on any atom is -0.496 e. The number of hydrogen-bond donors (Lipinski definition) is 1. The van der Waals surface area contributed by atoms with E-state index in [1.54, 1.807) is 13.2 Å². The number of carbonyl (C=O) groups excluding carboxylic acids is 1. The molecule has 1 aromatic heterocycles. The van der Waals surface area contributed by atoms with Crippen LogP contribution in [0.2, 0.25) is 0 Å². The van der Waals surface area contributed by atoms with Crippen molar-refractivity contribution in [2.24, 2.45) is 0 Å². The molecule has 0 atom stereocenters. The average molecular weight is 480 g/mol. The highest BCUT2D eigenvalue weighted by Gasteiger charge is 2.29. The lowest BCUT2D eigenvalue weighted by Crippen LogP contribution is -2.12. The van der Waals surface area contributed by atoms with Crippen molar-refractivity contribution in [2.75, 3.05) is 12.4 Å². The molecule has 7 heteroatoms. The van der Waals surface area contributed by atoms with Crippen LogP contribution in [-0.2, 0) is 6.42 Å². The first kappa shape index (κ1) is 16.8. The summed E-state index contributed by atoms with van der Waals surface area (Å²) in [4.78, 5) is 18.3. The molecule has 25 heavy (non-hydrogen) atoms. The number of rotatable bonds is 3. The van der Waals surface area contributed by atoms with Crippen molar-refractivity contribution in [3.63, 3.8) is 0 Å². The number of fused-ring (bicyclic) bond motifs is 3. The number of aromatic nitrogens is 1. The zero-order valence-corrected chi connectivity index (χ0v) is 17.1. The molecule has 0 unspecified atom stereocenters. The van der Waals surface area contributed by atoms with Crippen molar-refractivity contribution in [2.45, 2.75) is 6.42 Å². The van der Waals surface area contributed by atoms with Crippen LogP contribution >= 0.6 is 43.2 Å². The molecule has 0 aliphatic heterocycles. The molecule has 4 rings (SSSR count). The normalized spacial score (nSPS) is 11.8. The summed E-state index contributed by atoms with van der Waals surface area (Å²) in [5, 5.41) is 3.49. The maximum Gasteiger partial charge on any atom is 0.258 e. The van der Waals surface area contributed by atoms with E-state index in [2.05, 4.69) is 42.2 Å². The number of halogens is 2. The zero-order chi connectivity index (χ0) is 17.6. The summed E-state index contributed by atoms with van der Waals surface area (Å²) in [5.74, 6) is 0.618. The Morgan fingerprint density at radius 3 is 2.76 bits per heavy atom. The highest BCUT2D eigenvalue weighted by atomic mass is 79.9. The summed E-state index contributed by atoms with van der Waals surface area (Å²) in [7, 11) is 1.66. The van der Waals surface area contributed by atoms with Gasteiger partial charge < -0.3 is 4.74 Å². The highest BCUT2D eigenvalue weighted by Crippen LogP contribution is 2.48. The fraction of sp³-hybridized carbons (Fsp3) is 0.111. The molecule has 4 nitrogen and oxygen atoms in total. The Morgan fingerprint density at radius 1 is 1.20 bits per heavy atom. The molecule has 0 saturated carbocycles. The van der Waals surface area contributed by atoms with Gasteiger partial charge in [0.15, 0.2) is 5.13 Å². The zero-order valence-electron chi connectivity index (χ0n) is 13.1. The van der Waals surface area contributed by atoms with E-state index in [9.17, 15) is 4.79 Å². The molecule has 1 amide bonds. The first-order valence-corrected chi connectivity index (χ1v) is 9.90. The van der Waals surface area contributed by atoms with Gasteiger partial charge in [-0.15, -0.1) is 11.3 Å². The van der Waals surface area contributed by atoms with Gasteiger partial charge in [0.2, 0.25) is 0 Å². The van der Waals surface area contributed by atoms with Crippen LogP contribution in [0.25, 0.3) is 11.3 Å². The van der Waals surface area contributed by atoms with Crippen LogP contribution in [0.4, 0.5) is 5.13 Å². The number of thiazole rings is 1. The van der Waals surface area contributed by atoms with Gasteiger partial charge in [-0.2, -0.15) is 0 Å². The summed E-state index contributed by atoms with van der Waals surface area (Å²) in [6, 6.07) is 11.2. The lowest BCUT2D eigenvalue weighted by molar-refractivity contribution is 0.102. The summed E-state index contributed by atoms with van der Waals surface area (Å²) >= 11 is 8.50. The number of methoxy groups -OCH3 is 1. The van der Waals surface area contributed by atoms with E-state index in [-0.39, 0.29) is 5.91 Å². The molecular formula is C18H12Br2N2O2S. The second-order valence-electron chi connectivity index (χ2n) is 5.50. The first-order valence-electron chi connectivity index (χ1n) is 7.50.